The van der Waals surface area contributed by atoms with Crippen LogP contribution in [0.15, 0.2) is 24.3 Å². The van der Waals surface area contributed by atoms with E-state index < -0.39 is 0 Å². The van der Waals surface area contributed by atoms with Gasteiger partial charge in [-0.1, -0.05) is 30.7 Å². The van der Waals surface area contributed by atoms with Crippen LogP contribution < -0.4 is 16.0 Å². The van der Waals surface area contributed by atoms with Crippen molar-refractivity contribution >= 4 is 23.7 Å². The molecule has 0 saturated carbocycles. The number of carbonyl (C=O) groups is 2. The molecule has 4 rings (SSSR count). The fourth-order valence-electron chi connectivity index (χ4n) is 4.76. The van der Waals surface area contributed by atoms with Crippen molar-refractivity contribution in [3.05, 3.63) is 35.4 Å². The topological polar surface area (TPSA) is 93.7 Å². The summed E-state index contributed by atoms with van der Waals surface area (Å²) in [5.41, 5.74) is 2.42. The van der Waals surface area contributed by atoms with Crippen molar-refractivity contribution in [2.24, 2.45) is 0 Å². The highest BCUT2D eigenvalue weighted by molar-refractivity contribution is 8.00. The maximum atomic E-state index is 12.4. The van der Waals surface area contributed by atoms with Gasteiger partial charge >= 0.3 is 6.03 Å². The van der Waals surface area contributed by atoms with Gasteiger partial charge in [-0.2, -0.15) is 11.8 Å². The number of hydrogen-bond acceptors (Lipinski definition) is 5. The number of aliphatic hydroxyl groups excluding tert-OH is 1. The largest absolute Gasteiger partial charge is 0.393 e. The molecule has 3 aliphatic rings. The molecule has 3 atom stereocenters. The second kappa shape index (κ2) is 10.7. The first-order valence-corrected chi connectivity index (χ1v) is 12.6. The van der Waals surface area contributed by atoms with E-state index in [2.05, 4.69) is 33.0 Å². The Morgan fingerprint density at radius 3 is 2.74 bits per heavy atom. The molecule has 31 heavy (non-hydrogen) atoms. The van der Waals surface area contributed by atoms with Crippen LogP contribution in [0.25, 0.3) is 0 Å². The summed E-state index contributed by atoms with van der Waals surface area (Å²) in [6, 6.07) is 8.76. The van der Waals surface area contributed by atoms with Gasteiger partial charge in [0.2, 0.25) is 5.91 Å². The van der Waals surface area contributed by atoms with Gasteiger partial charge in [-0.25, -0.2) is 4.79 Å². The van der Waals surface area contributed by atoms with Crippen molar-refractivity contribution < 1.29 is 14.7 Å². The first kappa shape index (κ1) is 22.4. The van der Waals surface area contributed by atoms with E-state index in [4.69, 9.17) is 0 Å². The summed E-state index contributed by atoms with van der Waals surface area (Å²) in [5, 5.41) is 19.2. The molecule has 7 nitrogen and oxygen atoms in total. The SMILES string of the molecule is O=C(CCCC[C@@H]1SC[C@@H]2NC(=O)N[C@@H]21)NCc1ccccc1CN1CCC(O)CC1. The number of piperidine rings is 1. The molecule has 3 amide bonds. The summed E-state index contributed by atoms with van der Waals surface area (Å²) in [4.78, 5) is 26.2. The van der Waals surface area contributed by atoms with Crippen LogP contribution in [0, 0.1) is 0 Å². The average molecular weight is 447 g/mol. The van der Waals surface area contributed by atoms with E-state index in [0.29, 0.717) is 18.2 Å². The monoisotopic (exact) mass is 446 g/mol. The van der Waals surface area contributed by atoms with Gasteiger partial charge in [-0.3, -0.25) is 9.69 Å². The molecule has 0 unspecified atom stereocenters. The Kier molecular flexibility index (Phi) is 7.74. The number of unbranched alkanes of at least 4 members (excludes halogenated alkanes) is 1. The van der Waals surface area contributed by atoms with Gasteiger partial charge in [0.15, 0.2) is 0 Å². The molecule has 3 heterocycles. The number of hydrogen-bond donors (Lipinski definition) is 4. The first-order valence-electron chi connectivity index (χ1n) is 11.5. The van der Waals surface area contributed by atoms with E-state index in [1.165, 1.54) is 11.1 Å². The standard InChI is InChI=1S/C23H34N4O3S/c28-18-9-11-27(12-10-18)14-17-6-2-1-5-16(17)13-24-21(29)8-4-3-7-20-22-19(15-31-20)25-23(30)26-22/h1-2,5-6,18-20,22,28H,3-4,7-15H2,(H,24,29)(H2,25,26,30)/t19-,20-,22-/m0/s1. The molecule has 0 bridgehead atoms. The third kappa shape index (κ3) is 6.14. The van der Waals surface area contributed by atoms with Gasteiger partial charge in [-0.05, 0) is 36.8 Å². The second-order valence-corrected chi connectivity index (χ2v) is 10.2. The third-order valence-corrected chi connectivity index (χ3v) is 8.13. The van der Waals surface area contributed by atoms with E-state index in [1.807, 2.05) is 23.9 Å². The molecule has 3 saturated heterocycles. The molecule has 0 radical (unpaired) electrons. The van der Waals surface area contributed by atoms with Gasteiger partial charge < -0.3 is 21.1 Å². The number of carbonyl (C=O) groups excluding carboxylic acids is 2. The number of thioether (sulfide) groups is 1. The number of likely N-dealkylation sites (tertiary alicyclic amines) is 1. The summed E-state index contributed by atoms with van der Waals surface area (Å²) >= 11 is 1.92. The van der Waals surface area contributed by atoms with Crippen LogP contribution >= 0.6 is 11.8 Å². The number of nitrogens with one attached hydrogen (secondary N) is 3. The zero-order valence-electron chi connectivity index (χ0n) is 18.0. The van der Waals surface area contributed by atoms with Gasteiger partial charge in [0.25, 0.3) is 0 Å². The van der Waals surface area contributed by atoms with Crippen molar-refractivity contribution in [2.45, 2.75) is 75.1 Å². The molecule has 0 aromatic heterocycles. The summed E-state index contributed by atoms with van der Waals surface area (Å²) in [7, 11) is 0. The van der Waals surface area contributed by atoms with Crippen LogP contribution in [0.2, 0.25) is 0 Å². The lowest BCUT2D eigenvalue weighted by molar-refractivity contribution is -0.121. The van der Waals surface area contributed by atoms with Crippen molar-refractivity contribution in [3.8, 4) is 0 Å². The van der Waals surface area contributed by atoms with Crippen molar-refractivity contribution in [3.63, 3.8) is 0 Å². The first-order chi connectivity index (χ1) is 15.1. The highest BCUT2D eigenvalue weighted by Gasteiger charge is 2.42. The Balaban J connectivity index is 1.15. The number of amides is 3. The predicted molar refractivity (Wildman–Crippen MR) is 123 cm³/mol. The molecule has 0 aliphatic carbocycles. The number of benzene rings is 1. The van der Waals surface area contributed by atoms with E-state index in [0.717, 1.165) is 57.5 Å². The molecule has 1 aromatic carbocycles. The molecule has 3 aliphatic heterocycles. The van der Waals surface area contributed by atoms with Crippen molar-refractivity contribution in [2.75, 3.05) is 18.8 Å². The lowest BCUT2D eigenvalue weighted by atomic mass is 10.0. The van der Waals surface area contributed by atoms with Crippen LogP contribution in [0.4, 0.5) is 4.79 Å². The van der Waals surface area contributed by atoms with Crippen LogP contribution in [0.3, 0.4) is 0 Å². The van der Waals surface area contributed by atoms with E-state index in [-0.39, 0.29) is 30.1 Å². The van der Waals surface area contributed by atoms with Crippen LogP contribution in [0.5, 0.6) is 0 Å². The van der Waals surface area contributed by atoms with Crippen molar-refractivity contribution in [1.29, 1.82) is 0 Å². The van der Waals surface area contributed by atoms with E-state index in [1.54, 1.807) is 0 Å². The highest BCUT2D eigenvalue weighted by Crippen LogP contribution is 2.33. The fourth-order valence-corrected chi connectivity index (χ4v) is 6.30. The number of rotatable bonds is 9. The molecular weight excluding hydrogens is 412 g/mol. The smallest absolute Gasteiger partial charge is 0.315 e. The Bertz CT molecular complexity index is 769. The lowest BCUT2D eigenvalue weighted by Gasteiger charge is -2.30. The number of urea groups is 1. The quantitative estimate of drug-likeness (QED) is 0.344. The maximum Gasteiger partial charge on any atom is 0.315 e. The Hall–Kier alpha value is -1.77. The van der Waals surface area contributed by atoms with E-state index >= 15 is 0 Å². The van der Waals surface area contributed by atoms with Crippen LogP contribution in [-0.4, -0.2) is 64.2 Å². The van der Waals surface area contributed by atoms with Gasteiger partial charge in [-0.15, -0.1) is 0 Å². The maximum absolute atomic E-state index is 12.4. The molecule has 4 N–H and O–H groups in total. The second-order valence-electron chi connectivity index (χ2n) is 8.92. The minimum Gasteiger partial charge on any atom is -0.393 e. The molecule has 3 fully saturated rings. The summed E-state index contributed by atoms with van der Waals surface area (Å²) in [6.45, 7) is 3.27. The molecule has 1 aromatic rings. The van der Waals surface area contributed by atoms with E-state index in [9.17, 15) is 14.7 Å². The Morgan fingerprint density at radius 1 is 1.16 bits per heavy atom. The van der Waals surface area contributed by atoms with Crippen molar-refractivity contribution in [1.82, 2.24) is 20.9 Å². The minimum absolute atomic E-state index is 0.0437. The summed E-state index contributed by atoms with van der Waals surface area (Å²) in [5.74, 6) is 1.08. The van der Waals surface area contributed by atoms with Gasteiger partial charge in [0, 0.05) is 43.6 Å². The molecule has 8 heteroatoms. The van der Waals surface area contributed by atoms with Gasteiger partial charge in [0.05, 0.1) is 18.2 Å². The van der Waals surface area contributed by atoms with Gasteiger partial charge in [0.1, 0.15) is 0 Å². The summed E-state index contributed by atoms with van der Waals surface area (Å²) in [6.07, 6.45) is 4.97. The van der Waals surface area contributed by atoms with Crippen LogP contribution in [-0.2, 0) is 17.9 Å². The zero-order chi connectivity index (χ0) is 21.6. The van der Waals surface area contributed by atoms with Crippen LogP contribution in [0.1, 0.15) is 49.7 Å². The normalized spacial score (nSPS) is 26.4. The minimum atomic E-state index is -0.159. The lowest BCUT2D eigenvalue weighted by Crippen LogP contribution is -2.36. The third-order valence-electron chi connectivity index (χ3n) is 6.63. The Morgan fingerprint density at radius 2 is 1.94 bits per heavy atom. The number of aliphatic hydroxyl groups is 1. The number of fused-ring (bicyclic) bond motifs is 1. The fraction of sp³-hybridized carbons (Fsp3) is 0.652. The molecule has 170 valence electrons. The molecular formula is C23H34N4O3S. The predicted octanol–water partition coefficient (Wildman–Crippen LogP) is 1.99. The molecule has 0 spiro atoms. The highest BCUT2D eigenvalue weighted by atomic mass is 32.2. The zero-order valence-corrected chi connectivity index (χ0v) is 18.8. The summed E-state index contributed by atoms with van der Waals surface area (Å²) < 4.78 is 0. The Labute approximate surface area is 188 Å². The average Bonchev–Trinajstić information content (AvgIpc) is 3.31. The number of nitrogens with zero attached hydrogens (tertiary/aromatic N) is 1.